The minimum Gasteiger partial charge on any atom is -0.381 e. The number of amides is 1. The summed E-state index contributed by atoms with van der Waals surface area (Å²) in [4.78, 5) is 22.3. The van der Waals surface area contributed by atoms with Gasteiger partial charge in [-0.1, -0.05) is 6.92 Å². The van der Waals surface area contributed by atoms with Crippen LogP contribution in [-0.4, -0.2) is 30.6 Å². The average Bonchev–Trinajstić information content (AvgIpc) is 2.45. The molecule has 1 saturated heterocycles. The second kappa shape index (κ2) is 6.17. The van der Waals surface area contributed by atoms with E-state index in [0.717, 1.165) is 31.0 Å². The van der Waals surface area contributed by atoms with Crippen LogP contribution in [0.15, 0.2) is 18.2 Å². The molecule has 1 aromatic carbocycles. The molecule has 0 radical (unpaired) electrons. The molecule has 1 amide bonds. The molecule has 114 valence electrons. The number of nitrogens with one attached hydrogen (secondary N) is 1. The van der Waals surface area contributed by atoms with E-state index in [2.05, 4.69) is 5.32 Å². The van der Waals surface area contributed by atoms with Crippen LogP contribution >= 0.6 is 0 Å². The summed E-state index contributed by atoms with van der Waals surface area (Å²) in [5.41, 5.74) is -0.752. The second-order valence-electron chi connectivity index (χ2n) is 5.52. The van der Waals surface area contributed by atoms with Crippen molar-refractivity contribution < 1.29 is 18.8 Å². The maximum absolute atomic E-state index is 13.2. The van der Waals surface area contributed by atoms with Gasteiger partial charge in [-0.25, -0.2) is 4.39 Å². The highest BCUT2D eigenvalue weighted by molar-refractivity contribution is 5.98. The summed E-state index contributed by atoms with van der Waals surface area (Å²) in [6, 6.07) is 2.86. The number of benzene rings is 1. The van der Waals surface area contributed by atoms with Gasteiger partial charge in [0.1, 0.15) is 11.4 Å². The van der Waals surface area contributed by atoms with Crippen LogP contribution in [-0.2, 0) is 4.74 Å². The molecule has 1 aliphatic rings. The normalized spacial score (nSPS) is 17.2. The predicted molar refractivity (Wildman–Crippen MR) is 73.5 cm³/mol. The number of nitro groups is 1. The number of nitro benzene ring substituents is 1. The number of rotatable bonds is 4. The lowest BCUT2D eigenvalue weighted by atomic mass is 9.82. The zero-order valence-corrected chi connectivity index (χ0v) is 11.7. The van der Waals surface area contributed by atoms with Crippen molar-refractivity contribution in [1.29, 1.82) is 0 Å². The fraction of sp³-hybridized carbons (Fsp3) is 0.500. The summed E-state index contributed by atoms with van der Waals surface area (Å²) in [6.45, 7) is 3.66. The zero-order chi connectivity index (χ0) is 15.5. The molecule has 6 nitrogen and oxygen atoms in total. The fourth-order valence-corrected chi connectivity index (χ4v) is 2.28. The highest BCUT2D eigenvalue weighted by Gasteiger charge is 2.29. The molecule has 1 heterocycles. The molecule has 0 saturated carbocycles. The Hall–Kier alpha value is -2.02. The fourth-order valence-electron chi connectivity index (χ4n) is 2.28. The molecular weight excluding hydrogens is 279 g/mol. The van der Waals surface area contributed by atoms with Crippen LogP contribution < -0.4 is 5.32 Å². The van der Waals surface area contributed by atoms with Crippen molar-refractivity contribution in [3.63, 3.8) is 0 Å². The van der Waals surface area contributed by atoms with Crippen molar-refractivity contribution in [3.05, 3.63) is 39.7 Å². The van der Waals surface area contributed by atoms with Crippen LogP contribution in [0.3, 0.4) is 0 Å². The molecule has 0 aliphatic carbocycles. The SMILES string of the molecule is CC1(CNC(=O)c2cc(F)ccc2[N+](=O)[O-])CCOCC1. The van der Waals surface area contributed by atoms with E-state index >= 15 is 0 Å². The summed E-state index contributed by atoms with van der Waals surface area (Å²) < 4.78 is 18.5. The third kappa shape index (κ3) is 3.75. The van der Waals surface area contributed by atoms with E-state index in [1.54, 1.807) is 0 Å². The summed E-state index contributed by atoms with van der Waals surface area (Å²) in [5.74, 6) is -1.31. The van der Waals surface area contributed by atoms with Crippen LogP contribution in [0.2, 0.25) is 0 Å². The minimum atomic E-state index is -0.690. The molecule has 0 unspecified atom stereocenters. The van der Waals surface area contributed by atoms with E-state index in [1.165, 1.54) is 0 Å². The van der Waals surface area contributed by atoms with E-state index < -0.39 is 22.3 Å². The first-order chi connectivity index (χ1) is 9.91. The third-order valence-electron chi connectivity index (χ3n) is 3.78. The standard InChI is InChI=1S/C14H17FN2O4/c1-14(4-6-21-7-5-14)9-16-13(18)11-8-10(15)2-3-12(11)17(19)20/h2-3,8H,4-7,9H2,1H3,(H,16,18). The van der Waals surface area contributed by atoms with Crippen molar-refractivity contribution in [2.75, 3.05) is 19.8 Å². The van der Waals surface area contributed by atoms with E-state index in [-0.39, 0.29) is 11.0 Å². The molecule has 1 N–H and O–H groups in total. The summed E-state index contributed by atoms with van der Waals surface area (Å²) in [5, 5.41) is 13.6. The van der Waals surface area contributed by atoms with Crippen LogP contribution in [0, 0.1) is 21.3 Å². The Bertz CT molecular complexity index is 556. The molecule has 21 heavy (non-hydrogen) atoms. The van der Waals surface area contributed by atoms with Gasteiger partial charge in [-0.15, -0.1) is 0 Å². The van der Waals surface area contributed by atoms with Gasteiger partial charge in [0.15, 0.2) is 0 Å². The number of ether oxygens (including phenoxy) is 1. The molecule has 0 atom stereocenters. The second-order valence-corrected chi connectivity index (χ2v) is 5.52. The molecule has 1 aliphatic heterocycles. The summed E-state index contributed by atoms with van der Waals surface area (Å²) in [6.07, 6.45) is 1.61. The molecule has 1 aromatic rings. The van der Waals surface area contributed by atoms with Crippen molar-refractivity contribution in [1.82, 2.24) is 5.32 Å². The topological polar surface area (TPSA) is 81.5 Å². The number of carbonyl (C=O) groups excluding carboxylic acids is 1. The molecule has 2 rings (SSSR count). The smallest absolute Gasteiger partial charge is 0.282 e. The number of nitrogens with zero attached hydrogens (tertiary/aromatic N) is 1. The summed E-state index contributed by atoms with van der Waals surface area (Å²) in [7, 11) is 0. The van der Waals surface area contributed by atoms with Gasteiger partial charge in [0.2, 0.25) is 0 Å². The van der Waals surface area contributed by atoms with Gasteiger partial charge in [-0.05, 0) is 30.4 Å². The maximum atomic E-state index is 13.2. The molecular formula is C14H17FN2O4. The Balaban J connectivity index is 2.09. The molecule has 0 aromatic heterocycles. The highest BCUT2D eigenvalue weighted by Crippen LogP contribution is 2.29. The molecule has 0 spiro atoms. The van der Waals surface area contributed by atoms with Crippen LogP contribution in [0.25, 0.3) is 0 Å². The molecule has 1 fully saturated rings. The van der Waals surface area contributed by atoms with Crippen LogP contribution in [0.4, 0.5) is 10.1 Å². The van der Waals surface area contributed by atoms with Crippen molar-refractivity contribution >= 4 is 11.6 Å². The predicted octanol–water partition coefficient (Wildman–Crippen LogP) is 2.28. The number of hydrogen-bond donors (Lipinski definition) is 1. The zero-order valence-electron chi connectivity index (χ0n) is 11.7. The minimum absolute atomic E-state index is 0.101. The maximum Gasteiger partial charge on any atom is 0.282 e. The first-order valence-electron chi connectivity index (χ1n) is 6.71. The lowest BCUT2D eigenvalue weighted by Crippen LogP contribution is -2.39. The molecule has 0 bridgehead atoms. The molecule has 7 heteroatoms. The largest absolute Gasteiger partial charge is 0.381 e. The Morgan fingerprint density at radius 1 is 1.48 bits per heavy atom. The first-order valence-corrected chi connectivity index (χ1v) is 6.71. The summed E-state index contributed by atoms with van der Waals surface area (Å²) >= 11 is 0. The lowest BCUT2D eigenvalue weighted by Gasteiger charge is -2.33. The van der Waals surface area contributed by atoms with Gasteiger partial charge in [0, 0.05) is 25.8 Å². The Kier molecular flexibility index (Phi) is 4.52. The van der Waals surface area contributed by atoms with E-state index in [0.29, 0.717) is 19.8 Å². The van der Waals surface area contributed by atoms with Crippen LogP contribution in [0.1, 0.15) is 30.1 Å². The Morgan fingerprint density at radius 3 is 2.76 bits per heavy atom. The van der Waals surface area contributed by atoms with Gasteiger partial charge in [0.25, 0.3) is 11.6 Å². The monoisotopic (exact) mass is 296 g/mol. The Morgan fingerprint density at radius 2 is 2.14 bits per heavy atom. The number of carbonyl (C=O) groups is 1. The van der Waals surface area contributed by atoms with Crippen molar-refractivity contribution in [2.45, 2.75) is 19.8 Å². The van der Waals surface area contributed by atoms with Gasteiger partial charge in [0.05, 0.1) is 4.92 Å². The van der Waals surface area contributed by atoms with Crippen LogP contribution in [0.5, 0.6) is 0 Å². The van der Waals surface area contributed by atoms with E-state index in [1.807, 2.05) is 6.92 Å². The van der Waals surface area contributed by atoms with Gasteiger partial charge in [-0.3, -0.25) is 14.9 Å². The van der Waals surface area contributed by atoms with E-state index in [9.17, 15) is 19.3 Å². The third-order valence-corrected chi connectivity index (χ3v) is 3.78. The van der Waals surface area contributed by atoms with Gasteiger partial charge in [-0.2, -0.15) is 0 Å². The Labute approximate surface area is 121 Å². The van der Waals surface area contributed by atoms with Gasteiger partial charge >= 0.3 is 0 Å². The van der Waals surface area contributed by atoms with Gasteiger partial charge < -0.3 is 10.1 Å². The van der Waals surface area contributed by atoms with Crippen molar-refractivity contribution in [3.8, 4) is 0 Å². The first kappa shape index (κ1) is 15.4. The van der Waals surface area contributed by atoms with Crippen molar-refractivity contribution in [2.24, 2.45) is 5.41 Å². The lowest BCUT2D eigenvalue weighted by molar-refractivity contribution is -0.385. The number of halogens is 1. The number of hydrogen-bond acceptors (Lipinski definition) is 4. The highest BCUT2D eigenvalue weighted by atomic mass is 19.1. The van der Waals surface area contributed by atoms with E-state index in [4.69, 9.17) is 4.74 Å². The quantitative estimate of drug-likeness (QED) is 0.682. The average molecular weight is 296 g/mol.